The molecule has 3 rings (SSSR count). The van der Waals surface area contributed by atoms with Crippen molar-refractivity contribution in [2.45, 2.75) is 37.3 Å². The second kappa shape index (κ2) is 8.30. The molecule has 0 bridgehead atoms. The Kier molecular flexibility index (Phi) is 5.99. The van der Waals surface area contributed by atoms with Crippen molar-refractivity contribution in [1.29, 1.82) is 0 Å². The number of carbonyl (C=O) groups is 1. The SMILES string of the molecule is COc1ccc(C[C@H](C)NS(=O)(=O)c2ccc3c(c2)NC(=O)[C@H](C)O3)cc1OC. The van der Waals surface area contributed by atoms with Gasteiger partial charge in [0.25, 0.3) is 5.91 Å². The highest BCUT2D eigenvalue weighted by Crippen LogP contribution is 2.32. The number of nitrogens with one attached hydrogen (secondary N) is 2. The Morgan fingerprint density at radius 3 is 2.55 bits per heavy atom. The lowest BCUT2D eigenvalue weighted by Gasteiger charge is -2.24. The standard InChI is InChI=1S/C20H24N2O6S/c1-12(9-14-5-7-18(26-3)19(10-14)27-4)22-29(24,25)15-6-8-17-16(11-15)21-20(23)13(2)28-17/h5-8,10-13,22H,9H2,1-4H3,(H,21,23)/t12-,13-/m0/s1. The Labute approximate surface area is 170 Å². The molecule has 2 aromatic rings. The Bertz CT molecular complexity index is 1020. The average Bonchev–Trinajstić information content (AvgIpc) is 2.67. The Balaban J connectivity index is 1.74. The molecule has 0 aliphatic carbocycles. The van der Waals surface area contributed by atoms with Gasteiger partial charge < -0.3 is 19.5 Å². The van der Waals surface area contributed by atoms with Gasteiger partial charge in [-0.05, 0) is 56.2 Å². The maximum Gasteiger partial charge on any atom is 0.265 e. The molecular formula is C20H24N2O6S. The van der Waals surface area contributed by atoms with Crippen LogP contribution in [0, 0.1) is 0 Å². The van der Waals surface area contributed by atoms with Gasteiger partial charge in [-0.3, -0.25) is 4.79 Å². The molecule has 0 radical (unpaired) electrons. The van der Waals surface area contributed by atoms with Gasteiger partial charge in [0.1, 0.15) is 5.75 Å². The van der Waals surface area contributed by atoms with Crippen LogP contribution in [0.3, 0.4) is 0 Å². The zero-order valence-electron chi connectivity index (χ0n) is 16.7. The summed E-state index contributed by atoms with van der Waals surface area (Å²) in [6, 6.07) is 9.47. The van der Waals surface area contributed by atoms with Crippen molar-refractivity contribution < 1.29 is 27.4 Å². The van der Waals surface area contributed by atoms with Crippen LogP contribution in [0.25, 0.3) is 0 Å². The minimum absolute atomic E-state index is 0.0499. The van der Waals surface area contributed by atoms with Crippen LogP contribution >= 0.6 is 0 Å². The van der Waals surface area contributed by atoms with Crippen molar-refractivity contribution in [1.82, 2.24) is 4.72 Å². The molecule has 0 fully saturated rings. The van der Waals surface area contributed by atoms with E-state index in [0.29, 0.717) is 29.4 Å². The molecule has 0 spiro atoms. The van der Waals surface area contributed by atoms with E-state index in [2.05, 4.69) is 10.0 Å². The summed E-state index contributed by atoms with van der Waals surface area (Å²) in [5, 5.41) is 2.66. The lowest BCUT2D eigenvalue weighted by molar-refractivity contribution is -0.122. The summed E-state index contributed by atoms with van der Waals surface area (Å²) in [5.41, 5.74) is 1.24. The molecule has 29 heavy (non-hydrogen) atoms. The number of carbonyl (C=O) groups excluding carboxylic acids is 1. The van der Waals surface area contributed by atoms with Crippen LogP contribution in [0.5, 0.6) is 17.2 Å². The summed E-state index contributed by atoms with van der Waals surface area (Å²) in [5.74, 6) is 1.31. The van der Waals surface area contributed by atoms with E-state index in [-0.39, 0.29) is 16.8 Å². The second-order valence-electron chi connectivity index (χ2n) is 6.82. The fourth-order valence-corrected chi connectivity index (χ4v) is 4.36. The monoisotopic (exact) mass is 420 g/mol. The maximum absolute atomic E-state index is 12.8. The number of ether oxygens (including phenoxy) is 3. The van der Waals surface area contributed by atoms with E-state index in [1.54, 1.807) is 40.2 Å². The molecule has 2 atom stereocenters. The largest absolute Gasteiger partial charge is 0.493 e. The first-order chi connectivity index (χ1) is 13.7. The quantitative estimate of drug-likeness (QED) is 0.713. The van der Waals surface area contributed by atoms with Crippen molar-refractivity contribution >= 4 is 21.6 Å². The molecule has 2 N–H and O–H groups in total. The van der Waals surface area contributed by atoms with E-state index < -0.39 is 16.1 Å². The van der Waals surface area contributed by atoms with Gasteiger partial charge in [0.15, 0.2) is 17.6 Å². The number of hydrogen-bond acceptors (Lipinski definition) is 6. The molecule has 1 aliphatic rings. The van der Waals surface area contributed by atoms with Crippen molar-refractivity contribution in [2.24, 2.45) is 0 Å². The minimum Gasteiger partial charge on any atom is -0.493 e. The van der Waals surface area contributed by atoms with E-state index in [0.717, 1.165) is 5.56 Å². The fraction of sp³-hybridized carbons (Fsp3) is 0.350. The van der Waals surface area contributed by atoms with Crippen molar-refractivity contribution in [3.63, 3.8) is 0 Å². The van der Waals surface area contributed by atoms with E-state index in [9.17, 15) is 13.2 Å². The molecule has 8 nitrogen and oxygen atoms in total. The van der Waals surface area contributed by atoms with Crippen LogP contribution in [-0.2, 0) is 21.2 Å². The van der Waals surface area contributed by atoms with Crippen molar-refractivity contribution in [2.75, 3.05) is 19.5 Å². The van der Waals surface area contributed by atoms with Gasteiger partial charge in [-0.1, -0.05) is 6.07 Å². The number of rotatable bonds is 7. The minimum atomic E-state index is -3.79. The fourth-order valence-electron chi connectivity index (χ4n) is 3.09. The summed E-state index contributed by atoms with van der Waals surface area (Å²) in [4.78, 5) is 11.8. The number of benzene rings is 2. The maximum atomic E-state index is 12.8. The molecule has 1 heterocycles. The number of amides is 1. The second-order valence-corrected chi connectivity index (χ2v) is 8.54. The third-order valence-corrected chi connectivity index (χ3v) is 6.13. The first-order valence-electron chi connectivity index (χ1n) is 9.08. The molecular weight excluding hydrogens is 396 g/mol. The van der Waals surface area contributed by atoms with E-state index >= 15 is 0 Å². The molecule has 156 valence electrons. The van der Waals surface area contributed by atoms with Crippen LogP contribution in [0.2, 0.25) is 0 Å². The third kappa shape index (κ3) is 4.63. The smallest absolute Gasteiger partial charge is 0.265 e. The predicted octanol–water partition coefficient (Wildman–Crippen LogP) is 2.33. The Morgan fingerprint density at radius 2 is 1.86 bits per heavy atom. The number of fused-ring (bicyclic) bond motifs is 1. The summed E-state index contributed by atoms with van der Waals surface area (Å²) >= 11 is 0. The van der Waals surface area contributed by atoms with E-state index in [1.807, 2.05) is 12.1 Å². The molecule has 1 aliphatic heterocycles. The summed E-state index contributed by atoms with van der Waals surface area (Å²) < 4.78 is 44.2. The van der Waals surface area contributed by atoms with Gasteiger partial charge in [0.05, 0.1) is 24.8 Å². The number of anilines is 1. The lowest BCUT2D eigenvalue weighted by Crippen LogP contribution is -2.35. The van der Waals surface area contributed by atoms with Crippen LogP contribution in [-0.4, -0.2) is 40.7 Å². The molecule has 1 amide bonds. The van der Waals surface area contributed by atoms with Gasteiger partial charge in [-0.2, -0.15) is 0 Å². The van der Waals surface area contributed by atoms with Gasteiger partial charge in [-0.15, -0.1) is 0 Å². The zero-order chi connectivity index (χ0) is 21.2. The highest BCUT2D eigenvalue weighted by atomic mass is 32.2. The highest BCUT2D eigenvalue weighted by molar-refractivity contribution is 7.89. The Morgan fingerprint density at radius 1 is 1.14 bits per heavy atom. The third-order valence-electron chi connectivity index (χ3n) is 4.54. The molecule has 0 unspecified atom stereocenters. The van der Waals surface area contributed by atoms with Gasteiger partial charge in [0, 0.05) is 6.04 Å². The summed E-state index contributed by atoms with van der Waals surface area (Å²) in [6.07, 6.45) is -0.161. The van der Waals surface area contributed by atoms with Crippen LogP contribution in [0.1, 0.15) is 19.4 Å². The number of methoxy groups -OCH3 is 2. The summed E-state index contributed by atoms with van der Waals surface area (Å²) in [6.45, 7) is 3.40. The molecule has 0 saturated carbocycles. The topological polar surface area (TPSA) is 103 Å². The van der Waals surface area contributed by atoms with Crippen molar-refractivity contribution in [3.05, 3.63) is 42.0 Å². The van der Waals surface area contributed by atoms with Gasteiger partial charge >= 0.3 is 0 Å². The predicted molar refractivity (Wildman–Crippen MR) is 108 cm³/mol. The van der Waals surface area contributed by atoms with Crippen LogP contribution < -0.4 is 24.2 Å². The molecule has 0 saturated heterocycles. The molecule has 0 aromatic heterocycles. The highest BCUT2D eigenvalue weighted by Gasteiger charge is 2.26. The number of sulfonamides is 1. The van der Waals surface area contributed by atoms with E-state index in [4.69, 9.17) is 14.2 Å². The normalized spacial score (nSPS) is 17.0. The van der Waals surface area contributed by atoms with Gasteiger partial charge in [-0.25, -0.2) is 13.1 Å². The first kappa shape index (κ1) is 20.9. The van der Waals surface area contributed by atoms with Crippen LogP contribution in [0.4, 0.5) is 5.69 Å². The molecule has 9 heteroatoms. The lowest BCUT2D eigenvalue weighted by atomic mass is 10.1. The Hall–Kier alpha value is -2.78. The summed E-state index contributed by atoms with van der Waals surface area (Å²) in [7, 11) is -0.680. The van der Waals surface area contributed by atoms with E-state index in [1.165, 1.54) is 12.1 Å². The first-order valence-corrected chi connectivity index (χ1v) is 10.6. The zero-order valence-corrected chi connectivity index (χ0v) is 17.5. The number of hydrogen-bond donors (Lipinski definition) is 2. The van der Waals surface area contributed by atoms with Crippen molar-refractivity contribution in [3.8, 4) is 17.2 Å². The van der Waals surface area contributed by atoms with Crippen LogP contribution in [0.15, 0.2) is 41.3 Å². The van der Waals surface area contributed by atoms with Gasteiger partial charge in [0.2, 0.25) is 10.0 Å². The molecule has 2 aromatic carbocycles. The average molecular weight is 420 g/mol.